The summed E-state index contributed by atoms with van der Waals surface area (Å²) < 4.78 is 13.1. The van der Waals surface area contributed by atoms with Gasteiger partial charge in [-0.15, -0.1) is 0 Å². The minimum Gasteiger partial charge on any atom is -0.357 e. The van der Waals surface area contributed by atoms with E-state index in [9.17, 15) is 4.39 Å². The number of nitrogens with zero attached hydrogens (tertiary/aromatic N) is 3. The molecule has 0 aliphatic carbocycles. The molecule has 2 saturated heterocycles. The maximum Gasteiger partial charge on any atom is 0.191 e. The Morgan fingerprint density at radius 3 is 2.30 bits per heavy atom. The Hall–Kier alpha value is -1.66. The molecule has 1 aromatic rings. The zero-order valence-electron chi connectivity index (χ0n) is 18.9. The Morgan fingerprint density at radius 2 is 1.67 bits per heavy atom. The first kappa shape index (κ1) is 23.0. The van der Waals surface area contributed by atoms with Gasteiger partial charge in [-0.1, -0.05) is 19.1 Å². The van der Waals surface area contributed by atoms with Crippen LogP contribution in [-0.4, -0.2) is 67.6 Å². The summed E-state index contributed by atoms with van der Waals surface area (Å²) in [6.07, 6.45) is 6.06. The summed E-state index contributed by atoms with van der Waals surface area (Å²) in [6, 6.07) is 7.36. The number of piperidine rings is 2. The van der Waals surface area contributed by atoms with E-state index in [-0.39, 0.29) is 5.82 Å². The highest BCUT2D eigenvalue weighted by Crippen LogP contribution is 2.20. The zero-order valence-corrected chi connectivity index (χ0v) is 18.9. The second-order valence-electron chi connectivity index (χ2n) is 8.75. The number of aliphatic imine (C=N–C) groups is 1. The molecule has 2 heterocycles. The molecule has 0 atom stereocenters. The molecular formula is C24H40FN5. The third-order valence-corrected chi connectivity index (χ3v) is 6.55. The van der Waals surface area contributed by atoms with Gasteiger partial charge in [0.15, 0.2) is 5.96 Å². The zero-order chi connectivity index (χ0) is 21.2. The lowest BCUT2D eigenvalue weighted by atomic mass is 9.94. The minimum atomic E-state index is -0.164. The second kappa shape index (κ2) is 12.3. The van der Waals surface area contributed by atoms with Crippen molar-refractivity contribution in [3.05, 3.63) is 35.6 Å². The maximum absolute atomic E-state index is 13.1. The molecule has 0 radical (unpaired) electrons. The molecule has 0 saturated carbocycles. The van der Waals surface area contributed by atoms with Gasteiger partial charge in [0.2, 0.25) is 0 Å². The van der Waals surface area contributed by atoms with Crippen LogP contribution in [0.4, 0.5) is 4.39 Å². The Kier molecular flexibility index (Phi) is 9.40. The monoisotopic (exact) mass is 417 g/mol. The van der Waals surface area contributed by atoms with Crippen LogP contribution in [0.5, 0.6) is 0 Å². The lowest BCUT2D eigenvalue weighted by Crippen LogP contribution is -2.48. The number of hydrogen-bond donors (Lipinski definition) is 2. The summed E-state index contributed by atoms with van der Waals surface area (Å²) in [5, 5.41) is 7.08. The molecule has 2 aliphatic heterocycles. The topological polar surface area (TPSA) is 42.9 Å². The molecule has 2 aliphatic rings. The molecule has 5 nitrogen and oxygen atoms in total. The van der Waals surface area contributed by atoms with Gasteiger partial charge in [0, 0.05) is 38.8 Å². The predicted octanol–water partition coefficient (Wildman–Crippen LogP) is 3.47. The summed E-state index contributed by atoms with van der Waals surface area (Å²) >= 11 is 0. The summed E-state index contributed by atoms with van der Waals surface area (Å²) in [5.74, 6) is 1.64. The fourth-order valence-corrected chi connectivity index (χ4v) is 4.55. The van der Waals surface area contributed by atoms with E-state index in [4.69, 9.17) is 4.99 Å². The van der Waals surface area contributed by atoms with Crippen LogP contribution in [0.3, 0.4) is 0 Å². The van der Waals surface area contributed by atoms with Gasteiger partial charge in [-0.2, -0.15) is 0 Å². The number of halogens is 1. The van der Waals surface area contributed by atoms with Gasteiger partial charge in [-0.25, -0.2) is 4.39 Å². The Morgan fingerprint density at radius 1 is 1.00 bits per heavy atom. The lowest BCUT2D eigenvalue weighted by Gasteiger charge is -2.33. The van der Waals surface area contributed by atoms with E-state index in [0.29, 0.717) is 6.04 Å². The van der Waals surface area contributed by atoms with Crippen molar-refractivity contribution in [3.8, 4) is 0 Å². The van der Waals surface area contributed by atoms with E-state index in [1.807, 2.05) is 12.1 Å². The number of guanidine groups is 1. The smallest absolute Gasteiger partial charge is 0.191 e. The number of benzene rings is 1. The lowest BCUT2D eigenvalue weighted by molar-refractivity contribution is 0.188. The number of likely N-dealkylation sites (tertiary alicyclic amines) is 2. The van der Waals surface area contributed by atoms with Crippen molar-refractivity contribution < 1.29 is 4.39 Å². The van der Waals surface area contributed by atoms with Crippen LogP contribution in [0, 0.1) is 11.7 Å². The van der Waals surface area contributed by atoms with Crippen molar-refractivity contribution >= 4 is 5.96 Å². The maximum atomic E-state index is 13.1. The summed E-state index contributed by atoms with van der Waals surface area (Å²) in [6.45, 7) is 12.9. The van der Waals surface area contributed by atoms with Crippen molar-refractivity contribution in [2.24, 2.45) is 10.9 Å². The number of rotatable bonds is 8. The van der Waals surface area contributed by atoms with E-state index in [0.717, 1.165) is 57.4 Å². The molecule has 0 aromatic heterocycles. The first-order valence-electron chi connectivity index (χ1n) is 11.9. The molecule has 0 bridgehead atoms. The summed E-state index contributed by atoms with van der Waals surface area (Å²) in [4.78, 5) is 9.87. The van der Waals surface area contributed by atoms with Crippen molar-refractivity contribution in [2.45, 2.75) is 58.5 Å². The van der Waals surface area contributed by atoms with Gasteiger partial charge in [0.1, 0.15) is 5.82 Å². The largest absolute Gasteiger partial charge is 0.357 e. The molecule has 2 fully saturated rings. The third-order valence-electron chi connectivity index (χ3n) is 6.55. The van der Waals surface area contributed by atoms with Crippen LogP contribution in [0.1, 0.15) is 51.5 Å². The summed E-state index contributed by atoms with van der Waals surface area (Å²) in [7, 11) is 0. The van der Waals surface area contributed by atoms with Gasteiger partial charge < -0.3 is 15.5 Å². The SMILES string of the molecule is CCNC(=NCCC1CCN(CC)CC1)NC1CCN(Cc2ccc(F)cc2)CC1. The van der Waals surface area contributed by atoms with E-state index >= 15 is 0 Å². The van der Waals surface area contributed by atoms with E-state index in [1.54, 1.807) is 12.1 Å². The molecule has 0 spiro atoms. The third kappa shape index (κ3) is 7.55. The molecule has 0 amide bonds. The van der Waals surface area contributed by atoms with Crippen molar-refractivity contribution in [1.82, 2.24) is 20.4 Å². The van der Waals surface area contributed by atoms with Gasteiger partial charge in [0.25, 0.3) is 0 Å². The van der Waals surface area contributed by atoms with Crippen LogP contribution in [0.25, 0.3) is 0 Å². The highest BCUT2D eigenvalue weighted by molar-refractivity contribution is 5.80. The molecule has 6 heteroatoms. The summed E-state index contributed by atoms with van der Waals surface area (Å²) in [5.41, 5.74) is 1.18. The minimum absolute atomic E-state index is 0.164. The average Bonchev–Trinajstić information content (AvgIpc) is 2.77. The standard InChI is InChI=1S/C24H40FN5/c1-3-26-24(27-14-9-20-10-15-29(4-2)16-11-20)28-23-12-17-30(18-13-23)19-21-5-7-22(25)8-6-21/h5-8,20,23H,3-4,9-19H2,1-2H3,(H2,26,27,28). The first-order chi connectivity index (χ1) is 14.7. The molecular weight excluding hydrogens is 377 g/mol. The van der Waals surface area contributed by atoms with Gasteiger partial charge in [0.05, 0.1) is 0 Å². The van der Waals surface area contributed by atoms with Crippen molar-refractivity contribution in [3.63, 3.8) is 0 Å². The highest BCUT2D eigenvalue weighted by atomic mass is 19.1. The van der Waals surface area contributed by atoms with Gasteiger partial charge >= 0.3 is 0 Å². The normalized spacial score (nSPS) is 20.4. The van der Waals surface area contributed by atoms with Gasteiger partial charge in [-0.05, 0) is 82.3 Å². The molecule has 30 heavy (non-hydrogen) atoms. The number of nitrogens with one attached hydrogen (secondary N) is 2. The van der Waals surface area contributed by atoms with Crippen LogP contribution in [0.15, 0.2) is 29.3 Å². The van der Waals surface area contributed by atoms with E-state index in [1.165, 1.54) is 44.5 Å². The van der Waals surface area contributed by atoms with Crippen molar-refractivity contribution in [1.29, 1.82) is 0 Å². The van der Waals surface area contributed by atoms with E-state index < -0.39 is 0 Å². The Labute approximate surface area is 182 Å². The fourth-order valence-electron chi connectivity index (χ4n) is 4.55. The van der Waals surface area contributed by atoms with Crippen molar-refractivity contribution in [2.75, 3.05) is 45.8 Å². The van der Waals surface area contributed by atoms with Crippen LogP contribution < -0.4 is 10.6 Å². The van der Waals surface area contributed by atoms with Crippen LogP contribution in [0.2, 0.25) is 0 Å². The fraction of sp³-hybridized carbons (Fsp3) is 0.708. The molecule has 0 unspecified atom stereocenters. The quantitative estimate of drug-likeness (QED) is 0.502. The molecule has 1 aromatic carbocycles. The first-order valence-corrected chi connectivity index (χ1v) is 11.9. The van der Waals surface area contributed by atoms with Crippen LogP contribution in [-0.2, 0) is 6.54 Å². The molecule has 3 rings (SSSR count). The Balaban J connectivity index is 1.38. The van der Waals surface area contributed by atoms with Crippen LogP contribution >= 0.6 is 0 Å². The van der Waals surface area contributed by atoms with E-state index in [2.05, 4.69) is 34.3 Å². The Bertz CT molecular complexity index is 632. The average molecular weight is 418 g/mol. The number of hydrogen-bond acceptors (Lipinski definition) is 3. The van der Waals surface area contributed by atoms with Gasteiger partial charge in [-0.3, -0.25) is 9.89 Å². The molecule has 2 N–H and O–H groups in total. The predicted molar refractivity (Wildman–Crippen MR) is 123 cm³/mol. The highest BCUT2D eigenvalue weighted by Gasteiger charge is 2.21. The second-order valence-corrected chi connectivity index (χ2v) is 8.75. The molecule has 168 valence electrons.